The highest BCUT2D eigenvalue weighted by atomic mass is 32.2. The normalized spacial score (nSPS) is 12.1. The number of benzene rings is 5. The number of anilines is 2. The van der Waals surface area contributed by atoms with Crippen LogP contribution < -0.4 is 10.7 Å². The zero-order valence-corrected chi connectivity index (χ0v) is 24.0. The Hall–Kier alpha value is -5.25. The van der Waals surface area contributed by atoms with Crippen molar-refractivity contribution >= 4 is 44.1 Å². The standard InChI is InChI=1S/C34H26N2O6S/c1-20-6-5-7-22(16-20)35-23-10-13-28-31(18-23)42-32-19-24(36-30-15-12-25(17-21(30)2)43(39,40)41)11-14-29(32)33(28)26-8-3-4-9-27(26)34(37)38/h3-19,36H,1-2H3,(H,37,38)(H,39,40,41). The topological polar surface area (TPSA) is 129 Å². The number of fused-ring (bicyclic) bond motifs is 2. The fourth-order valence-electron chi connectivity index (χ4n) is 5.14. The van der Waals surface area contributed by atoms with E-state index in [-0.39, 0.29) is 10.5 Å². The lowest BCUT2D eigenvalue weighted by molar-refractivity contribution is 0.0697. The lowest BCUT2D eigenvalue weighted by Gasteiger charge is -2.18. The quantitative estimate of drug-likeness (QED) is 0.134. The molecule has 1 aliphatic carbocycles. The van der Waals surface area contributed by atoms with Crippen molar-refractivity contribution in [2.45, 2.75) is 18.7 Å². The monoisotopic (exact) mass is 590 g/mol. The summed E-state index contributed by atoms with van der Waals surface area (Å²) in [5.41, 5.74) is 6.50. The third-order valence-corrected chi connectivity index (χ3v) is 8.02. The van der Waals surface area contributed by atoms with E-state index in [4.69, 9.17) is 9.41 Å². The molecule has 1 heterocycles. The number of aromatic carboxylic acids is 1. The maximum atomic E-state index is 12.2. The molecule has 6 rings (SSSR count). The van der Waals surface area contributed by atoms with Crippen molar-refractivity contribution in [3.8, 4) is 22.5 Å². The molecule has 0 unspecified atom stereocenters. The van der Waals surface area contributed by atoms with Gasteiger partial charge in [-0.15, -0.1) is 0 Å². The molecule has 0 saturated heterocycles. The van der Waals surface area contributed by atoms with Gasteiger partial charge in [0, 0.05) is 40.0 Å². The van der Waals surface area contributed by atoms with Gasteiger partial charge in [-0.05, 0) is 91.2 Å². The lowest BCUT2D eigenvalue weighted by atomic mass is 9.90. The van der Waals surface area contributed by atoms with Crippen LogP contribution in [0, 0.1) is 13.8 Å². The van der Waals surface area contributed by atoms with Crippen LogP contribution >= 0.6 is 0 Å². The van der Waals surface area contributed by atoms with E-state index < -0.39 is 16.1 Å². The van der Waals surface area contributed by atoms with Gasteiger partial charge in [0.1, 0.15) is 11.3 Å². The number of aryl methyl sites for hydroxylation is 2. The van der Waals surface area contributed by atoms with Crippen molar-refractivity contribution < 1.29 is 27.3 Å². The Balaban J connectivity index is 1.55. The molecule has 8 nitrogen and oxygen atoms in total. The number of carboxylic acids is 1. The maximum Gasteiger partial charge on any atom is 0.336 e. The Morgan fingerprint density at radius 3 is 2.40 bits per heavy atom. The molecular formula is C34H26N2O6S. The van der Waals surface area contributed by atoms with Gasteiger partial charge in [0.25, 0.3) is 10.1 Å². The first-order valence-electron chi connectivity index (χ1n) is 13.4. The van der Waals surface area contributed by atoms with Gasteiger partial charge >= 0.3 is 5.97 Å². The van der Waals surface area contributed by atoms with Crippen molar-refractivity contribution in [3.63, 3.8) is 0 Å². The molecule has 0 radical (unpaired) electrons. The molecule has 0 amide bonds. The number of nitrogens with zero attached hydrogens (tertiary/aromatic N) is 1. The Morgan fingerprint density at radius 2 is 1.65 bits per heavy atom. The first kappa shape index (κ1) is 27.9. The first-order chi connectivity index (χ1) is 20.6. The summed E-state index contributed by atoms with van der Waals surface area (Å²) >= 11 is 0. The summed E-state index contributed by atoms with van der Waals surface area (Å²) in [5.74, 6) is -0.506. The minimum Gasteiger partial charge on any atom is -0.478 e. The fourth-order valence-corrected chi connectivity index (χ4v) is 5.71. The molecule has 0 saturated carbocycles. The lowest BCUT2D eigenvalue weighted by Crippen LogP contribution is -2.04. The summed E-state index contributed by atoms with van der Waals surface area (Å²) in [6.07, 6.45) is 0. The SMILES string of the molecule is Cc1cccc(N=c2ccc3c(-c4ccccc4C(=O)O)c4ccc(Nc5ccc(S(=O)(=O)O)cc5C)cc4oc-3c2)c1. The number of carbonyl (C=O) groups is 1. The van der Waals surface area contributed by atoms with Crippen molar-refractivity contribution in [1.82, 2.24) is 0 Å². The van der Waals surface area contributed by atoms with Crippen LogP contribution in [-0.4, -0.2) is 24.0 Å². The first-order valence-corrected chi connectivity index (χ1v) is 14.8. The van der Waals surface area contributed by atoms with Crippen LogP contribution in [0.4, 0.5) is 17.1 Å². The summed E-state index contributed by atoms with van der Waals surface area (Å²) in [6, 6.07) is 30.1. The Labute approximate surface area is 247 Å². The maximum absolute atomic E-state index is 12.2. The van der Waals surface area contributed by atoms with E-state index in [1.807, 2.05) is 67.6 Å². The number of hydrogen-bond donors (Lipinski definition) is 3. The molecule has 3 N–H and O–H groups in total. The number of carboxylic acid groups (broad SMARTS) is 1. The molecule has 0 bridgehead atoms. The van der Waals surface area contributed by atoms with Crippen LogP contribution in [0.5, 0.6) is 0 Å². The molecule has 1 aliphatic heterocycles. The Kier molecular flexibility index (Phi) is 7.05. The van der Waals surface area contributed by atoms with Crippen molar-refractivity contribution in [2.24, 2.45) is 4.99 Å². The van der Waals surface area contributed by atoms with E-state index in [0.717, 1.165) is 22.4 Å². The van der Waals surface area contributed by atoms with Gasteiger partial charge in [0.05, 0.1) is 21.5 Å². The second-order valence-corrected chi connectivity index (χ2v) is 11.7. The molecule has 9 heteroatoms. The van der Waals surface area contributed by atoms with Crippen molar-refractivity contribution in [3.05, 3.63) is 125 Å². The molecule has 0 fully saturated rings. The van der Waals surface area contributed by atoms with E-state index in [0.29, 0.717) is 44.6 Å². The zero-order valence-electron chi connectivity index (χ0n) is 23.2. The molecule has 0 spiro atoms. The average molecular weight is 591 g/mol. The second kappa shape index (κ2) is 10.9. The third-order valence-electron chi connectivity index (χ3n) is 7.17. The predicted octanol–water partition coefficient (Wildman–Crippen LogP) is 7.74. The fraction of sp³-hybridized carbons (Fsp3) is 0.0588. The molecule has 4 aromatic carbocycles. The van der Waals surface area contributed by atoms with Crippen LogP contribution in [0.15, 0.2) is 117 Å². The number of rotatable bonds is 6. The van der Waals surface area contributed by atoms with E-state index >= 15 is 0 Å². The van der Waals surface area contributed by atoms with Gasteiger partial charge in [0.2, 0.25) is 0 Å². The summed E-state index contributed by atoms with van der Waals surface area (Å²) in [7, 11) is -4.32. The summed E-state index contributed by atoms with van der Waals surface area (Å²) in [5, 5.41) is 14.7. The van der Waals surface area contributed by atoms with Crippen LogP contribution in [0.3, 0.4) is 0 Å². The number of hydrogen-bond acceptors (Lipinski definition) is 6. The van der Waals surface area contributed by atoms with Crippen LogP contribution in [-0.2, 0) is 10.1 Å². The molecular weight excluding hydrogens is 564 g/mol. The molecule has 43 heavy (non-hydrogen) atoms. The van der Waals surface area contributed by atoms with Gasteiger partial charge < -0.3 is 14.8 Å². The van der Waals surface area contributed by atoms with E-state index in [1.165, 1.54) is 12.1 Å². The van der Waals surface area contributed by atoms with Gasteiger partial charge in [0.15, 0.2) is 0 Å². The van der Waals surface area contributed by atoms with Crippen LogP contribution in [0.2, 0.25) is 0 Å². The Bertz CT molecular complexity index is 2200. The minimum absolute atomic E-state index is 0.168. The summed E-state index contributed by atoms with van der Waals surface area (Å²) < 4.78 is 38.9. The highest BCUT2D eigenvalue weighted by Crippen LogP contribution is 2.42. The predicted molar refractivity (Wildman–Crippen MR) is 166 cm³/mol. The van der Waals surface area contributed by atoms with Crippen molar-refractivity contribution in [2.75, 3.05) is 5.32 Å². The van der Waals surface area contributed by atoms with Crippen molar-refractivity contribution in [1.29, 1.82) is 0 Å². The van der Waals surface area contributed by atoms with Gasteiger partial charge in [-0.25, -0.2) is 9.79 Å². The van der Waals surface area contributed by atoms with E-state index in [9.17, 15) is 22.9 Å². The Morgan fingerprint density at radius 1 is 0.837 bits per heavy atom. The zero-order chi connectivity index (χ0) is 30.3. The smallest absolute Gasteiger partial charge is 0.336 e. The second-order valence-electron chi connectivity index (χ2n) is 10.2. The van der Waals surface area contributed by atoms with Crippen LogP contribution in [0.1, 0.15) is 21.5 Å². The molecule has 0 aromatic heterocycles. The summed E-state index contributed by atoms with van der Waals surface area (Å²) in [6.45, 7) is 3.74. The third kappa shape index (κ3) is 5.63. The van der Waals surface area contributed by atoms with Crippen LogP contribution in [0.25, 0.3) is 33.4 Å². The van der Waals surface area contributed by atoms with E-state index in [1.54, 1.807) is 37.3 Å². The average Bonchev–Trinajstić information content (AvgIpc) is 2.96. The van der Waals surface area contributed by atoms with Gasteiger partial charge in [-0.1, -0.05) is 30.3 Å². The van der Waals surface area contributed by atoms with E-state index in [2.05, 4.69) is 5.32 Å². The number of nitrogens with one attached hydrogen (secondary N) is 1. The minimum atomic E-state index is -4.32. The molecule has 2 aliphatic rings. The summed E-state index contributed by atoms with van der Waals surface area (Å²) in [4.78, 5) is 16.8. The van der Waals surface area contributed by atoms with Gasteiger partial charge in [-0.3, -0.25) is 4.55 Å². The highest BCUT2D eigenvalue weighted by Gasteiger charge is 2.21. The van der Waals surface area contributed by atoms with Gasteiger partial charge in [-0.2, -0.15) is 8.42 Å². The molecule has 214 valence electrons. The largest absolute Gasteiger partial charge is 0.478 e. The molecule has 4 aromatic rings. The molecule has 0 atom stereocenters. The highest BCUT2D eigenvalue weighted by molar-refractivity contribution is 7.85.